The van der Waals surface area contributed by atoms with Crippen molar-refractivity contribution in [3.05, 3.63) is 0 Å². The number of hydrogen-bond acceptors (Lipinski definition) is 5. The number of nitriles is 1. The molecule has 0 aliphatic heterocycles. The van der Waals surface area contributed by atoms with Gasteiger partial charge in [0, 0.05) is 12.1 Å². The molecule has 0 aromatic carbocycles. The Balaban J connectivity index is 4.61. The minimum absolute atomic E-state index is 0.201. The van der Waals surface area contributed by atoms with Gasteiger partial charge in [-0.05, 0) is 27.7 Å². The van der Waals surface area contributed by atoms with Crippen LogP contribution < -0.4 is 5.50 Å². The monoisotopic (exact) mass is 233 g/mol. The van der Waals surface area contributed by atoms with Crippen molar-refractivity contribution in [3.8, 4) is 6.07 Å². The molecule has 5 nitrogen and oxygen atoms in total. The fourth-order valence-corrected chi connectivity index (χ4v) is 2.09. The Hall–Kier alpha value is -0.240. The summed E-state index contributed by atoms with van der Waals surface area (Å²) in [6, 6.07) is 2.51. The van der Waals surface area contributed by atoms with E-state index in [2.05, 4.69) is 0 Å². The summed E-state index contributed by atoms with van der Waals surface area (Å²) in [4.78, 5) is 11.1. The standard InChI is InChI=1S/C9H20N3O2P/c1-7(2)12(8(3)4)9(5-6-10)14-15(11)13/h7-9,13H,5,11H2,1-4H3. The molecule has 6 heteroatoms. The lowest BCUT2D eigenvalue weighted by molar-refractivity contribution is -0.0138. The van der Waals surface area contributed by atoms with Crippen molar-refractivity contribution in [1.82, 2.24) is 4.90 Å². The average molecular weight is 233 g/mol. The average Bonchev–Trinajstić information content (AvgIpc) is 2.01. The predicted molar refractivity (Wildman–Crippen MR) is 60.5 cm³/mol. The summed E-state index contributed by atoms with van der Waals surface area (Å²) < 4.78 is 5.18. The van der Waals surface area contributed by atoms with Crippen molar-refractivity contribution in [2.45, 2.75) is 52.4 Å². The minimum Gasteiger partial charge on any atom is -0.338 e. The smallest absolute Gasteiger partial charge is 0.251 e. The number of nitrogens with zero attached hydrogens (tertiary/aromatic N) is 2. The van der Waals surface area contributed by atoms with Crippen molar-refractivity contribution in [2.75, 3.05) is 0 Å². The van der Waals surface area contributed by atoms with Gasteiger partial charge in [0.1, 0.15) is 6.23 Å². The van der Waals surface area contributed by atoms with E-state index in [1.54, 1.807) is 0 Å². The summed E-state index contributed by atoms with van der Waals surface area (Å²) in [6.07, 6.45) is -0.233. The van der Waals surface area contributed by atoms with Crippen LogP contribution in [0.15, 0.2) is 0 Å². The van der Waals surface area contributed by atoms with Gasteiger partial charge in [-0.15, -0.1) is 0 Å². The van der Waals surface area contributed by atoms with Crippen LogP contribution in [0.3, 0.4) is 0 Å². The molecule has 0 saturated carbocycles. The fraction of sp³-hybridized carbons (Fsp3) is 0.889. The molecule has 0 bridgehead atoms. The summed E-state index contributed by atoms with van der Waals surface area (Å²) in [5, 5.41) is 8.69. The zero-order valence-electron chi connectivity index (χ0n) is 9.71. The van der Waals surface area contributed by atoms with Crippen molar-refractivity contribution < 1.29 is 9.42 Å². The first kappa shape index (κ1) is 14.8. The third-order valence-electron chi connectivity index (χ3n) is 2.02. The van der Waals surface area contributed by atoms with Crippen molar-refractivity contribution in [1.29, 1.82) is 5.26 Å². The van der Waals surface area contributed by atoms with Gasteiger partial charge < -0.3 is 9.42 Å². The van der Waals surface area contributed by atoms with E-state index < -0.39 is 14.8 Å². The maximum Gasteiger partial charge on any atom is 0.251 e. The van der Waals surface area contributed by atoms with Gasteiger partial charge in [-0.3, -0.25) is 10.4 Å². The molecule has 3 N–H and O–H groups in total. The van der Waals surface area contributed by atoms with Gasteiger partial charge in [0.25, 0.3) is 8.53 Å². The summed E-state index contributed by atoms with van der Waals surface area (Å²) >= 11 is 0. The van der Waals surface area contributed by atoms with E-state index in [0.29, 0.717) is 0 Å². The maximum absolute atomic E-state index is 9.05. The quantitative estimate of drug-likeness (QED) is 0.537. The Labute approximate surface area is 92.8 Å². The highest BCUT2D eigenvalue weighted by Gasteiger charge is 2.26. The molecular formula is C9H20N3O2P. The second-order valence-corrected chi connectivity index (χ2v) is 4.68. The number of rotatable bonds is 6. The van der Waals surface area contributed by atoms with E-state index in [-0.39, 0.29) is 18.5 Å². The molecule has 88 valence electrons. The lowest BCUT2D eigenvalue weighted by Gasteiger charge is -2.36. The van der Waals surface area contributed by atoms with Gasteiger partial charge in [0.15, 0.2) is 0 Å². The predicted octanol–water partition coefficient (Wildman–Crippen LogP) is 1.54. The second-order valence-electron chi connectivity index (χ2n) is 3.86. The van der Waals surface area contributed by atoms with E-state index in [1.807, 2.05) is 38.7 Å². The van der Waals surface area contributed by atoms with Gasteiger partial charge >= 0.3 is 0 Å². The molecular weight excluding hydrogens is 213 g/mol. The molecule has 2 unspecified atom stereocenters. The molecule has 0 aliphatic carbocycles. The summed E-state index contributed by atoms with van der Waals surface area (Å²) in [6.45, 7) is 8.07. The summed E-state index contributed by atoms with van der Waals surface area (Å²) in [5.74, 6) is 0. The topological polar surface area (TPSA) is 82.5 Å². The number of hydrogen-bond donors (Lipinski definition) is 2. The molecule has 0 fully saturated rings. The highest BCUT2D eigenvalue weighted by molar-refractivity contribution is 7.43. The fourth-order valence-electron chi connectivity index (χ4n) is 1.66. The molecule has 0 amide bonds. The first-order valence-corrected chi connectivity index (χ1v) is 6.23. The van der Waals surface area contributed by atoms with Crippen LogP contribution in [0.25, 0.3) is 0 Å². The lowest BCUT2D eigenvalue weighted by atomic mass is 10.2. The van der Waals surface area contributed by atoms with Gasteiger partial charge in [0.05, 0.1) is 12.5 Å². The van der Waals surface area contributed by atoms with Crippen LogP contribution in [0.1, 0.15) is 34.1 Å². The van der Waals surface area contributed by atoms with Gasteiger partial charge in [-0.2, -0.15) is 5.26 Å². The molecule has 15 heavy (non-hydrogen) atoms. The van der Waals surface area contributed by atoms with E-state index in [9.17, 15) is 0 Å². The Morgan fingerprint density at radius 1 is 1.40 bits per heavy atom. The second kappa shape index (κ2) is 7.10. The normalized spacial score (nSPS) is 15.7. The molecule has 0 radical (unpaired) electrons. The Morgan fingerprint density at radius 2 is 1.87 bits per heavy atom. The van der Waals surface area contributed by atoms with Crippen molar-refractivity contribution >= 4 is 8.53 Å². The van der Waals surface area contributed by atoms with Crippen molar-refractivity contribution in [3.63, 3.8) is 0 Å². The van der Waals surface area contributed by atoms with E-state index in [4.69, 9.17) is 20.2 Å². The lowest BCUT2D eigenvalue weighted by Crippen LogP contribution is -2.45. The summed E-state index contributed by atoms with van der Waals surface area (Å²) in [7, 11) is -1.93. The highest BCUT2D eigenvalue weighted by Crippen LogP contribution is 2.27. The van der Waals surface area contributed by atoms with Crippen LogP contribution in [-0.2, 0) is 4.52 Å². The molecule has 0 aromatic heterocycles. The molecule has 0 heterocycles. The zero-order chi connectivity index (χ0) is 12.0. The van der Waals surface area contributed by atoms with E-state index in [1.165, 1.54) is 0 Å². The van der Waals surface area contributed by atoms with Crippen LogP contribution in [0.4, 0.5) is 0 Å². The summed E-state index contributed by atoms with van der Waals surface area (Å²) in [5.41, 5.74) is 5.22. The van der Waals surface area contributed by atoms with Crippen LogP contribution in [-0.4, -0.2) is 28.1 Å². The zero-order valence-corrected chi connectivity index (χ0v) is 10.6. The van der Waals surface area contributed by atoms with Gasteiger partial charge in [-0.25, -0.2) is 0 Å². The molecule has 0 rings (SSSR count). The number of nitrogens with two attached hydrogens (primary N) is 1. The third kappa shape index (κ3) is 5.41. The Kier molecular flexibility index (Phi) is 6.99. The third-order valence-corrected chi connectivity index (χ3v) is 2.48. The van der Waals surface area contributed by atoms with E-state index in [0.717, 1.165) is 0 Å². The van der Waals surface area contributed by atoms with E-state index >= 15 is 0 Å². The first-order chi connectivity index (χ1) is 6.90. The molecule has 0 spiro atoms. The Bertz CT molecular complexity index is 208. The Morgan fingerprint density at radius 3 is 2.13 bits per heavy atom. The minimum atomic E-state index is -1.93. The molecule has 2 atom stereocenters. The van der Waals surface area contributed by atoms with Gasteiger partial charge in [0.2, 0.25) is 0 Å². The van der Waals surface area contributed by atoms with Crippen LogP contribution >= 0.6 is 8.53 Å². The largest absolute Gasteiger partial charge is 0.338 e. The highest BCUT2D eigenvalue weighted by atomic mass is 31.2. The van der Waals surface area contributed by atoms with Gasteiger partial charge in [-0.1, -0.05) is 0 Å². The van der Waals surface area contributed by atoms with Crippen LogP contribution in [0.5, 0.6) is 0 Å². The SMILES string of the molecule is CC(C)N(C(C)C)C(CC#N)OP(N)O. The molecule has 0 saturated heterocycles. The maximum atomic E-state index is 9.05. The van der Waals surface area contributed by atoms with Crippen molar-refractivity contribution in [2.24, 2.45) is 5.50 Å². The van der Waals surface area contributed by atoms with Crippen LogP contribution in [0.2, 0.25) is 0 Å². The van der Waals surface area contributed by atoms with Crippen LogP contribution in [0, 0.1) is 11.3 Å². The molecule has 0 aliphatic rings. The molecule has 0 aromatic rings. The first-order valence-electron chi connectivity index (χ1n) is 4.95.